The lowest BCUT2D eigenvalue weighted by molar-refractivity contribution is 0.278. The maximum atomic E-state index is 12.5. The van der Waals surface area contributed by atoms with Gasteiger partial charge in [0, 0.05) is 0 Å². The lowest BCUT2D eigenvalue weighted by Crippen LogP contribution is -2.34. The van der Waals surface area contributed by atoms with Crippen LogP contribution >= 0.6 is 0 Å². The lowest BCUT2D eigenvalue weighted by atomic mass is 9.80. The van der Waals surface area contributed by atoms with Crippen LogP contribution in [0.25, 0.3) is 0 Å². The molecule has 0 aromatic heterocycles. The van der Waals surface area contributed by atoms with Crippen LogP contribution < -0.4 is 4.74 Å². The molecule has 1 aliphatic carbocycles. The van der Waals surface area contributed by atoms with E-state index in [0.717, 1.165) is 50.0 Å². The first kappa shape index (κ1) is 21.9. The second-order valence-electron chi connectivity index (χ2n) is 9.38. The molecule has 0 spiro atoms. The van der Waals surface area contributed by atoms with Crippen molar-refractivity contribution in [1.82, 2.24) is 0 Å². The Hall–Kier alpha value is -1.81. The predicted octanol–water partition coefficient (Wildman–Crippen LogP) is 6.43. The van der Waals surface area contributed by atoms with Gasteiger partial charge in [-0.2, -0.15) is 0 Å². The first-order chi connectivity index (χ1) is 13.7. The van der Waals surface area contributed by atoms with Crippen LogP contribution in [0.15, 0.2) is 54.6 Å². The van der Waals surface area contributed by atoms with Gasteiger partial charge in [-0.25, -0.2) is 8.42 Å². The zero-order chi connectivity index (χ0) is 20.9. The molecule has 29 heavy (non-hydrogen) atoms. The van der Waals surface area contributed by atoms with E-state index in [-0.39, 0.29) is 0 Å². The molecule has 0 radical (unpaired) electrons. The Labute approximate surface area is 176 Å². The Morgan fingerprint density at radius 1 is 0.862 bits per heavy atom. The van der Waals surface area contributed by atoms with Gasteiger partial charge in [-0.3, -0.25) is 0 Å². The van der Waals surface area contributed by atoms with E-state index in [1.165, 1.54) is 5.56 Å². The number of rotatable bonds is 7. The highest BCUT2D eigenvalue weighted by Crippen LogP contribution is 2.34. The highest BCUT2D eigenvalue weighted by atomic mass is 32.2. The highest BCUT2D eigenvalue weighted by Gasteiger charge is 2.33. The minimum Gasteiger partial charge on any atom is -0.457 e. The molecule has 3 rings (SSSR count). The van der Waals surface area contributed by atoms with Gasteiger partial charge < -0.3 is 4.74 Å². The minimum absolute atomic E-state index is 0.332. The second kappa shape index (κ2) is 9.34. The smallest absolute Gasteiger partial charge is 0.155 e. The van der Waals surface area contributed by atoms with E-state index in [9.17, 15) is 8.42 Å². The van der Waals surface area contributed by atoms with Gasteiger partial charge in [0.2, 0.25) is 0 Å². The third-order valence-corrected chi connectivity index (χ3v) is 8.85. The van der Waals surface area contributed by atoms with Crippen molar-refractivity contribution in [2.45, 2.75) is 64.0 Å². The molecule has 1 aliphatic rings. The molecule has 2 aromatic rings. The molecule has 4 heteroatoms. The largest absolute Gasteiger partial charge is 0.457 e. The summed E-state index contributed by atoms with van der Waals surface area (Å²) in [6, 6.07) is 18.2. The summed E-state index contributed by atoms with van der Waals surface area (Å²) in [6.45, 7) is 5.43. The van der Waals surface area contributed by atoms with Gasteiger partial charge in [0.1, 0.15) is 11.5 Å². The number of benzene rings is 2. The molecule has 0 unspecified atom stereocenters. The van der Waals surface area contributed by atoms with Crippen molar-refractivity contribution >= 4 is 9.84 Å². The van der Waals surface area contributed by atoms with Gasteiger partial charge in [0.25, 0.3) is 0 Å². The van der Waals surface area contributed by atoms with Crippen molar-refractivity contribution in [2.75, 3.05) is 5.75 Å². The molecule has 0 N–H and O–H groups in total. The van der Waals surface area contributed by atoms with E-state index in [0.29, 0.717) is 17.6 Å². The van der Waals surface area contributed by atoms with Crippen LogP contribution in [0.3, 0.4) is 0 Å². The number of para-hydroxylation sites is 1. The fourth-order valence-electron chi connectivity index (χ4n) is 4.01. The molecule has 0 atom stereocenters. The normalized spacial score (nSPS) is 20.4. The summed E-state index contributed by atoms with van der Waals surface area (Å²) in [5, 5.41) is 0. The quantitative estimate of drug-likeness (QED) is 0.524. The van der Waals surface area contributed by atoms with E-state index in [2.05, 4.69) is 18.2 Å². The topological polar surface area (TPSA) is 43.4 Å². The fourth-order valence-corrected chi connectivity index (χ4v) is 5.46. The van der Waals surface area contributed by atoms with Crippen molar-refractivity contribution in [3.05, 3.63) is 60.2 Å². The van der Waals surface area contributed by atoms with Crippen molar-refractivity contribution < 1.29 is 13.2 Å². The van der Waals surface area contributed by atoms with Crippen molar-refractivity contribution in [3.63, 3.8) is 0 Å². The number of hydrogen-bond donors (Lipinski definition) is 0. The molecule has 1 saturated carbocycles. The first-order valence-electron chi connectivity index (χ1n) is 10.8. The maximum Gasteiger partial charge on any atom is 0.155 e. The number of ether oxygens (including phenoxy) is 1. The zero-order valence-corrected chi connectivity index (χ0v) is 18.8. The molecule has 0 bridgehead atoms. The number of sulfone groups is 1. The number of aryl methyl sites for hydroxylation is 1. The molecule has 2 aromatic carbocycles. The molecule has 0 saturated heterocycles. The van der Waals surface area contributed by atoms with Gasteiger partial charge in [-0.1, -0.05) is 43.2 Å². The van der Waals surface area contributed by atoms with E-state index in [1.807, 2.05) is 57.2 Å². The first-order valence-corrected chi connectivity index (χ1v) is 12.4. The molecule has 158 valence electrons. The summed E-state index contributed by atoms with van der Waals surface area (Å²) >= 11 is 0. The predicted molar refractivity (Wildman–Crippen MR) is 120 cm³/mol. The number of hydrogen-bond acceptors (Lipinski definition) is 3. The van der Waals surface area contributed by atoms with Crippen LogP contribution in [0, 0.1) is 11.8 Å². The van der Waals surface area contributed by atoms with Crippen molar-refractivity contribution in [3.8, 4) is 11.5 Å². The Kier molecular flexibility index (Phi) is 7.05. The van der Waals surface area contributed by atoms with E-state index < -0.39 is 14.6 Å². The standard InChI is InChI=1S/C25H34O3S/c1-25(2,3)29(26,27)19-22-16-13-20(14-17-22)12-15-21-8-7-11-24(18-21)28-23-9-5-4-6-10-23/h4-11,18,20,22H,12-17,19H2,1-3H3. The molecule has 0 amide bonds. The summed E-state index contributed by atoms with van der Waals surface area (Å²) in [5.41, 5.74) is 1.30. The Balaban J connectivity index is 1.47. The lowest BCUT2D eigenvalue weighted by Gasteiger charge is -2.30. The second-order valence-corrected chi connectivity index (χ2v) is 12.2. The van der Waals surface area contributed by atoms with E-state index in [1.54, 1.807) is 0 Å². The Bertz CT molecular complexity index is 874. The Morgan fingerprint density at radius 3 is 2.14 bits per heavy atom. The summed E-state index contributed by atoms with van der Waals surface area (Å²) in [4.78, 5) is 0. The van der Waals surface area contributed by atoms with Gasteiger partial charge in [-0.05, 0) is 88.1 Å². The molecular formula is C25H34O3S. The average Bonchev–Trinajstić information content (AvgIpc) is 2.67. The third-order valence-electron chi connectivity index (χ3n) is 6.07. The molecule has 0 aliphatic heterocycles. The van der Waals surface area contributed by atoms with Gasteiger partial charge in [0.15, 0.2) is 9.84 Å². The van der Waals surface area contributed by atoms with Crippen molar-refractivity contribution in [2.24, 2.45) is 11.8 Å². The van der Waals surface area contributed by atoms with Gasteiger partial charge >= 0.3 is 0 Å². The molecule has 3 nitrogen and oxygen atoms in total. The zero-order valence-electron chi connectivity index (χ0n) is 17.9. The monoisotopic (exact) mass is 414 g/mol. The van der Waals surface area contributed by atoms with Gasteiger partial charge in [-0.15, -0.1) is 0 Å². The van der Waals surface area contributed by atoms with Crippen molar-refractivity contribution in [1.29, 1.82) is 0 Å². The molecule has 1 fully saturated rings. The van der Waals surface area contributed by atoms with E-state index in [4.69, 9.17) is 4.74 Å². The SMILES string of the molecule is CC(C)(C)S(=O)(=O)CC1CCC(CCc2cccc(Oc3ccccc3)c2)CC1. The van der Waals surface area contributed by atoms with Crippen LogP contribution in [0.4, 0.5) is 0 Å². The van der Waals surface area contributed by atoms with Crippen LogP contribution in [0.5, 0.6) is 11.5 Å². The maximum absolute atomic E-state index is 12.5. The average molecular weight is 415 g/mol. The summed E-state index contributed by atoms with van der Waals surface area (Å²) < 4.78 is 30.2. The van der Waals surface area contributed by atoms with Crippen LogP contribution in [-0.4, -0.2) is 18.9 Å². The summed E-state index contributed by atoms with van der Waals surface area (Å²) in [6.07, 6.45) is 6.57. The van der Waals surface area contributed by atoms with Crippen LogP contribution in [-0.2, 0) is 16.3 Å². The highest BCUT2D eigenvalue weighted by molar-refractivity contribution is 7.92. The fraction of sp³-hybridized carbons (Fsp3) is 0.520. The van der Waals surface area contributed by atoms with Crippen LogP contribution in [0.1, 0.15) is 58.4 Å². The Morgan fingerprint density at radius 2 is 1.48 bits per heavy atom. The van der Waals surface area contributed by atoms with Gasteiger partial charge in [0.05, 0.1) is 10.5 Å². The molecular weight excluding hydrogens is 380 g/mol. The third kappa shape index (κ3) is 6.33. The van der Waals surface area contributed by atoms with E-state index >= 15 is 0 Å². The summed E-state index contributed by atoms with van der Waals surface area (Å²) in [7, 11) is -3.01. The summed E-state index contributed by atoms with van der Waals surface area (Å²) in [5.74, 6) is 3.11. The van der Waals surface area contributed by atoms with Crippen LogP contribution in [0.2, 0.25) is 0 Å². The minimum atomic E-state index is -3.01. The molecule has 0 heterocycles.